The normalized spacial score (nSPS) is 17.3. The molecule has 1 fully saturated rings. The molecule has 1 unspecified atom stereocenters. The summed E-state index contributed by atoms with van der Waals surface area (Å²) < 4.78 is 4.70. The minimum atomic E-state index is 0.374. The van der Waals surface area contributed by atoms with Crippen molar-refractivity contribution in [3.8, 4) is 0 Å². The Morgan fingerprint density at radius 2 is 2.03 bits per heavy atom. The van der Waals surface area contributed by atoms with Crippen LogP contribution >= 0.6 is 0 Å². The highest BCUT2D eigenvalue weighted by molar-refractivity contribution is 6.08. The zero-order valence-corrected chi connectivity index (χ0v) is 19.1. The highest BCUT2D eigenvalue weighted by atomic mass is 16.1. The summed E-state index contributed by atoms with van der Waals surface area (Å²) in [6.07, 6.45) is 19.2. The average Bonchev–Trinajstić information content (AvgIpc) is 2.76. The fourth-order valence-corrected chi connectivity index (χ4v) is 4.89. The molecule has 3 rings (SSSR count). The van der Waals surface area contributed by atoms with Crippen molar-refractivity contribution in [2.24, 2.45) is 5.92 Å². The van der Waals surface area contributed by atoms with Crippen LogP contribution in [0.3, 0.4) is 0 Å². The lowest BCUT2D eigenvalue weighted by molar-refractivity contribution is -0.119. The second-order valence-electron chi connectivity index (χ2n) is 9.31. The van der Waals surface area contributed by atoms with Crippen LogP contribution in [0.1, 0.15) is 108 Å². The predicted octanol–water partition coefficient (Wildman–Crippen LogP) is 5.66. The van der Waals surface area contributed by atoms with Gasteiger partial charge in [-0.15, -0.1) is 4.67 Å². The molecule has 1 aliphatic carbocycles. The van der Waals surface area contributed by atoms with Gasteiger partial charge < -0.3 is 5.32 Å². The number of pyridine rings is 1. The molecule has 0 bridgehead atoms. The first-order chi connectivity index (χ1) is 14.7. The van der Waals surface area contributed by atoms with Crippen LogP contribution in [0.2, 0.25) is 0 Å². The number of Topliss-reactive ketones (excluding diaryl/α,β-unsaturated/α-hetero) is 1. The number of ketones is 1. The second-order valence-corrected chi connectivity index (χ2v) is 9.31. The molecule has 0 aromatic carbocycles. The first-order valence-electron chi connectivity index (χ1n) is 12.3. The number of carbonyl (C=O) groups excluding carboxylic acids is 1. The predicted molar refractivity (Wildman–Crippen MR) is 128 cm³/mol. The summed E-state index contributed by atoms with van der Waals surface area (Å²) >= 11 is 0. The molecule has 30 heavy (non-hydrogen) atoms. The van der Waals surface area contributed by atoms with Crippen molar-refractivity contribution in [1.29, 1.82) is 0 Å². The first kappa shape index (κ1) is 22.7. The van der Waals surface area contributed by atoms with E-state index in [-0.39, 0.29) is 0 Å². The van der Waals surface area contributed by atoms with E-state index in [9.17, 15) is 4.79 Å². The number of rotatable bonds is 12. The molecule has 0 saturated heterocycles. The van der Waals surface area contributed by atoms with Gasteiger partial charge in [0, 0.05) is 25.1 Å². The quantitative estimate of drug-likeness (QED) is 0.357. The minimum Gasteiger partial charge on any atom is -0.367 e. The maximum Gasteiger partial charge on any atom is 0.314 e. The standard InChI is InChI=1S/C26H39N3O/c1-3-9-20(2)10-7-8-13-23(30)14-15-24-25-21(16-18-27-24)17-19-28-26(25)29-22-11-5-4-6-12-22/h17-20,22H,3-16H2,1-2H3/p+1. The maximum absolute atomic E-state index is 12.5. The van der Waals surface area contributed by atoms with Gasteiger partial charge in [0.15, 0.2) is 0 Å². The van der Waals surface area contributed by atoms with Crippen LogP contribution in [0.25, 0.3) is 0 Å². The number of nitrogens with zero attached hydrogens (tertiary/aromatic N) is 2. The molecule has 1 aliphatic heterocycles. The summed E-state index contributed by atoms with van der Waals surface area (Å²) in [4.78, 5) is 17.1. The first-order valence-corrected chi connectivity index (χ1v) is 12.3. The number of nitrogens with one attached hydrogen (secondary N) is 1. The fraction of sp³-hybridized carbons (Fsp3) is 0.692. The van der Waals surface area contributed by atoms with E-state index < -0.39 is 0 Å². The lowest BCUT2D eigenvalue weighted by Crippen LogP contribution is -2.26. The lowest BCUT2D eigenvalue weighted by atomic mass is 9.93. The van der Waals surface area contributed by atoms with Gasteiger partial charge in [0.25, 0.3) is 6.21 Å². The van der Waals surface area contributed by atoms with Gasteiger partial charge in [-0.25, -0.2) is 4.98 Å². The van der Waals surface area contributed by atoms with Gasteiger partial charge in [-0.1, -0.05) is 58.8 Å². The van der Waals surface area contributed by atoms with E-state index in [4.69, 9.17) is 4.67 Å². The summed E-state index contributed by atoms with van der Waals surface area (Å²) in [7, 11) is 0. The van der Waals surface area contributed by atoms with E-state index >= 15 is 0 Å². The second kappa shape index (κ2) is 12.1. The molecule has 0 amide bonds. The topological polar surface area (TPSA) is 56.1 Å². The Morgan fingerprint density at radius 3 is 2.83 bits per heavy atom. The third-order valence-corrected chi connectivity index (χ3v) is 6.65. The molecule has 2 aliphatic rings. The molecule has 0 radical (unpaired) electrons. The minimum absolute atomic E-state index is 0.374. The van der Waals surface area contributed by atoms with Crippen molar-refractivity contribution in [3.05, 3.63) is 23.4 Å². The Labute approximate surface area is 182 Å². The number of unbranched alkanes of at least 4 members (excludes halogenated alkanes) is 1. The van der Waals surface area contributed by atoms with Crippen molar-refractivity contribution in [3.63, 3.8) is 0 Å². The fourth-order valence-electron chi connectivity index (χ4n) is 4.89. The molecule has 1 N–H and O–H groups in total. The van der Waals surface area contributed by atoms with Crippen LogP contribution in [-0.2, 0) is 11.2 Å². The highest BCUT2D eigenvalue weighted by Gasteiger charge is 2.28. The largest absolute Gasteiger partial charge is 0.367 e. The van der Waals surface area contributed by atoms with Crippen LogP contribution in [0.4, 0.5) is 5.82 Å². The van der Waals surface area contributed by atoms with E-state index in [1.54, 1.807) is 0 Å². The molecule has 1 aromatic heterocycles. The third kappa shape index (κ3) is 6.80. The average molecular weight is 411 g/mol. The van der Waals surface area contributed by atoms with Crippen LogP contribution in [0.5, 0.6) is 0 Å². The smallest absolute Gasteiger partial charge is 0.314 e. The summed E-state index contributed by atoms with van der Waals surface area (Å²) in [5, 5.41) is 3.70. The van der Waals surface area contributed by atoms with Crippen LogP contribution in [-0.4, -0.2) is 28.7 Å². The third-order valence-electron chi connectivity index (χ3n) is 6.65. The number of hydrogen-bond acceptors (Lipinski definition) is 3. The van der Waals surface area contributed by atoms with E-state index in [1.165, 1.54) is 63.4 Å². The number of fused-ring (bicyclic) bond motifs is 1. The molecule has 1 atom stereocenters. The van der Waals surface area contributed by atoms with Gasteiger partial charge in [0.05, 0.1) is 12.8 Å². The molecule has 4 heteroatoms. The van der Waals surface area contributed by atoms with Gasteiger partial charge >= 0.3 is 5.71 Å². The summed E-state index contributed by atoms with van der Waals surface area (Å²) in [5.41, 5.74) is 3.48. The van der Waals surface area contributed by atoms with Crippen molar-refractivity contribution < 1.29 is 4.79 Å². The summed E-state index contributed by atoms with van der Waals surface area (Å²) in [5.74, 6) is 2.14. The monoisotopic (exact) mass is 410 g/mol. The van der Waals surface area contributed by atoms with E-state index in [0.29, 0.717) is 24.7 Å². The van der Waals surface area contributed by atoms with E-state index in [1.807, 2.05) is 12.4 Å². The number of carbonyl (C=O) groups is 1. The molecule has 2 heterocycles. The molecular weight excluding hydrogens is 370 g/mol. The molecule has 1 aromatic rings. The number of anilines is 1. The Morgan fingerprint density at radius 1 is 1.20 bits per heavy atom. The molecule has 164 valence electrons. The number of hydrogen-bond donors (Lipinski definition) is 1. The Bertz CT molecular complexity index is 758. The Hall–Kier alpha value is -1.93. The van der Waals surface area contributed by atoms with E-state index in [0.717, 1.165) is 42.3 Å². The van der Waals surface area contributed by atoms with E-state index in [2.05, 4.69) is 30.2 Å². The van der Waals surface area contributed by atoms with Crippen molar-refractivity contribution in [2.75, 3.05) is 5.32 Å². The van der Waals surface area contributed by atoms with Gasteiger partial charge in [-0.2, -0.15) is 0 Å². The van der Waals surface area contributed by atoms with Gasteiger partial charge in [0.2, 0.25) is 0 Å². The molecular formula is C26H40N3O+. The van der Waals surface area contributed by atoms with Crippen molar-refractivity contribution >= 4 is 23.5 Å². The van der Waals surface area contributed by atoms with Crippen LogP contribution < -0.4 is 9.98 Å². The van der Waals surface area contributed by atoms with Gasteiger partial charge in [-0.05, 0) is 36.8 Å². The Balaban J connectivity index is 1.52. The molecule has 1 saturated carbocycles. The Kier molecular flexibility index (Phi) is 9.14. The highest BCUT2D eigenvalue weighted by Crippen LogP contribution is 2.26. The zero-order chi connectivity index (χ0) is 21.2. The number of aromatic nitrogens is 1. The summed E-state index contributed by atoms with van der Waals surface area (Å²) in [6, 6.07) is 2.62. The zero-order valence-electron chi connectivity index (χ0n) is 19.1. The molecule has 4 nitrogen and oxygen atoms in total. The van der Waals surface area contributed by atoms with Gasteiger partial charge in [-0.3, -0.25) is 4.79 Å². The van der Waals surface area contributed by atoms with Crippen LogP contribution in [0, 0.1) is 5.92 Å². The maximum atomic E-state index is 12.5. The van der Waals surface area contributed by atoms with Crippen molar-refractivity contribution in [2.45, 2.75) is 110 Å². The SMILES string of the molecule is CCCC(C)CCCCC(=O)CCC1=[N+]=CCc2ccnc(NC3CCCCC3)c21. The van der Waals surface area contributed by atoms with Crippen molar-refractivity contribution in [1.82, 2.24) is 9.65 Å². The summed E-state index contributed by atoms with van der Waals surface area (Å²) in [6.45, 7) is 4.57. The van der Waals surface area contributed by atoms with Gasteiger partial charge in [0.1, 0.15) is 17.2 Å². The lowest BCUT2D eigenvalue weighted by Gasteiger charge is -2.24. The van der Waals surface area contributed by atoms with Crippen LogP contribution in [0.15, 0.2) is 12.3 Å². The molecule has 0 spiro atoms.